The zero-order valence-electron chi connectivity index (χ0n) is 19.3. The van der Waals surface area contributed by atoms with Crippen LogP contribution in [-0.2, 0) is 10.3 Å². The van der Waals surface area contributed by atoms with Gasteiger partial charge in [-0.05, 0) is 51.4 Å². The van der Waals surface area contributed by atoms with Crippen molar-refractivity contribution < 1.29 is 14.3 Å². The Morgan fingerprint density at radius 2 is 1.26 bits per heavy atom. The molecular weight excluding hydrogens is 551 g/mol. The Hall–Kier alpha value is -3.65. The first-order valence-electron chi connectivity index (χ1n) is 11.1. The van der Waals surface area contributed by atoms with Crippen molar-refractivity contribution in [1.82, 2.24) is 9.78 Å². The van der Waals surface area contributed by atoms with Crippen LogP contribution in [0.25, 0.3) is 10.9 Å². The molecule has 4 aromatic carbocycles. The van der Waals surface area contributed by atoms with E-state index in [1.54, 1.807) is 13.2 Å². The molecule has 0 bridgehead atoms. The molecule has 0 aliphatic heterocycles. The number of fused-ring (bicyclic) bond motifs is 1. The van der Waals surface area contributed by atoms with E-state index in [9.17, 15) is 4.79 Å². The zero-order chi connectivity index (χ0) is 24.4. The van der Waals surface area contributed by atoms with Crippen LogP contribution >= 0.6 is 22.6 Å². The lowest BCUT2D eigenvalue weighted by molar-refractivity contribution is 0.0597. The number of carbonyl (C=O) groups excluding carboxylic acids is 1. The van der Waals surface area contributed by atoms with E-state index >= 15 is 0 Å². The molecule has 1 heterocycles. The van der Waals surface area contributed by atoms with Crippen LogP contribution in [0.3, 0.4) is 0 Å². The first-order chi connectivity index (χ1) is 17.1. The number of esters is 1. The summed E-state index contributed by atoms with van der Waals surface area (Å²) in [6.45, 7) is 0. The standard InChI is InChI=1S/C29H23IN2O3/c1-34-26-23(28(33)35-2)18-19-24-25(26)27(30)31-32(24)29(20-12-6-3-7-13-20,21-14-8-4-9-15-21)22-16-10-5-11-17-22/h3-19H,1-2H3. The van der Waals surface area contributed by atoms with E-state index < -0.39 is 11.5 Å². The largest absolute Gasteiger partial charge is 0.495 e. The number of nitrogens with zero attached hydrogens (tertiary/aromatic N) is 2. The van der Waals surface area contributed by atoms with Gasteiger partial charge < -0.3 is 9.47 Å². The van der Waals surface area contributed by atoms with Gasteiger partial charge in [-0.25, -0.2) is 9.48 Å². The molecule has 5 nitrogen and oxygen atoms in total. The van der Waals surface area contributed by atoms with Crippen molar-refractivity contribution in [3.8, 4) is 5.75 Å². The number of ether oxygens (including phenoxy) is 2. The van der Waals surface area contributed by atoms with E-state index in [1.807, 2.05) is 65.3 Å². The molecule has 0 N–H and O–H groups in total. The van der Waals surface area contributed by atoms with Gasteiger partial charge in [0.2, 0.25) is 0 Å². The van der Waals surface area contributed by atoms with E-state index in [1.165, 1.54) is 7.11 Å². The molecule has 0 aliphatic rings. The Morgan fingerprint density at radius 3 is 1.69 bits per heavy atom. The molecular formula is C29H23IN2O3. The fraction of sp³-hybridized carbons (Fsp3) is 0.103. The average molecular weight is 574 g/mol. The Balaban J connectivity index is 1.96. The summed E-state index contributed by atoms with van der Waals surface area (Å²) < 4.78 is 13.5. The minimum absolute atomic E-state index is 0.365. The zero-order valence-corrected chi connectivity index (χ0v) is 21.5. The van der Waals surface area contributed by atoms with Crippen molar-refractivity contribution in [3.05, 3.63) is 129 Å². The second-order valence-electron chi connectivity index (χ2n) is 8.04. The summed E-state index contributed by atoms with van der Waals surface area (Å²) in [7, 11) is 2.93. The summed E-state index contributed by atoms with van der Waals surface area (Å²) in [4.78, 5) is 12.5. The van der Waals surface area contributed by atoms with Gasteiger partial charge in [0.15, 0.2) is 0 Å². The highest BCUT2D eigenvalue weighted by Crippen LogP contribution is 2.44. The van der Waals surface area contributed by atoms with Gasteiger partial charge >= 0.3 is 5.97 Å². The summed E-state index contributed by atoms with van der Waals surface area (Å²) in [6, 6.07) is 34.7. The van der Waals surface area contributed by atoms with Crippen LogP contribution in [0.5, 0.6) is 5.75 Å². The van der Waals surface area contributed by atoms with E-state index in [2.05, 4.69) is 59.0 Å². The highest BCUT2D eigenvalue weighted by molar-refractivity contribution is 14.1. The normalized spacial score (nSPS) is 11.4. The first kappa shape index (κ1) is 23.1. The van der Waals surface area contributed by atoms with E-state index in [0.29, 0.717) is 11.3 Å². The number of aromatic nitrogens is 2. The minimum atomic E-state index is -0.775. The molecule has 0 spiro atoms. The van der Waals surface area contributed by atoms with Crippen LogP contribution in [0.1, 0.15) is 27.0 Å². The Morgan fingerprint density at radius 1 is 0.771 bits per heavy atom. The lowest BCUT2D eigenvalue weighted by Gasteiger charge is -2.37. The van der Waals surface area contributed by atoms with Crippen LogP contribution in [-0.4, -0.2) is 30.0 Å². The Labute approximate surface area is 217 Å². The topological polar surface area (TPSA) is 53.3 Å². The van der Waals surface area contributed by atoms with E-state index in [4.69, 9.17) is 14.6 Å². The minimum Gasteiger partial charge on any atom is -0.495 e. The molecule has 6 heteroatoms. The van der Waals surface area contributed by atoms with Crippen molar-refractivity contribution in [2.75, 3.05) is 14.2 Å². The molecule has 0 saturated carbocycles. The van der Waals surface area contributed by atoms with Crippen molar-refractivity contribution in [1.29, 1.82) is 0 Å². The molecule has 0 aliphatic carbocycles. The summed E-state index contributed by atoms with van der Waals surface area (Å²) in [5.41, 5.74) is 3.63. The quantitative estimate of drug-likeness (QED) is 0.136. The van der Waals surface area contributed by atoms with Gasteiger partial charge in [-0.15, -0.1) is 0 Å². The molecule has 35 heavy (non-hydrogen) atoms. The van der Waals surface area contributed by atoms with E-state index in [0.717, 1.165) is 31.3 Å². The molecule has 5 aromatic rings. The van der Waals surface area contributed by atoms with Crippen molar-refractivity contribution in [3.63, 3.8) is 0 Å². The van der Waals surface area contributed by atoms with Gasteiger partial charge in [0, 0.05) is 0 Å². The molecule has 5 rings (SSSR count). The number of hydrogen-bond donors (Lipinski definition) is 0. The molecule has 0 amide bonds. The van der Waals surface area contributed by atoms with Gasteiger partial charge in [0.05, 0.1) is 25.1 Å². The SMILES string of the molecule is COC(=O)c1ccc2c(c(I)nn2C(c2ccccc2)(c2ccccc2)c2ccccc2)c1OC. The van der Waals surface area contributed by atoms with Gasteiger partial charge in [0.25, 0.3) is 0 Å². The second kappa shape index (κ2) is 9.54. The third-order valence-electron chi connectivity index (χ3n) is 6.26. The van der Waals surface area contributed by atoms with Crippen LogP contribution in [0.15, 0.2) is 103 Å². The number of benzene rings is 4. The predicted molar refractivity (Wildman–Crippen MR) is 145 cm³/mol. The molecule has 0 unspecified atom stereocenters. The first-order valence-corrected chi connectivity index (χ1v) is 12.2. The second-order valence-corrected chi connectivity index (χ2v) is 9.06. The lowest BCUT2D eigenvalue weighted by atomic mass is 9.77. The fourth-order valence-corrected chi connectivity index (χ4v) is 5.52. The maximum atomic E-state index is 12.5. The third kappa shape index (κ3) is 3.69. The Kier molecular flexibility index (Phi) is 6.30. The number of methoxy groups -OCH3 is 2. The van der Waals surface area contributed by atoms with Gasteiger partial charge in [-0.2, -0.15) is 5.10 Å². The monoisotopic (exact) mass is 574 g/mol. The summed E-state index contributed by atoms with van der Waals surface area (Å²) >= 11 is 2.21. The van der Waals surface area contributed by atoms with Crippen molar-refractivity contribution in [2.24, 2.45) is 0 Å². The fourth-order valence-electron chi connectivity index (χ4n) is 4.78. The number of halogens is 1. The molecule has 0 saturated heterocycles. The smallest absolute Gasteiger partial charge is 0.341 e. The van der Waals surface area contributed by atoms with Crippen LogP contribution in [0, 0.1) is 3.70 Å². The molecule has 0 atom stereocenters. The Bertz CT molecular complexity index is 1390. The lowest BCUT2D eigenvalue weighted by Crippen LogP contribution is -2.38. The maximum absolute atomic E-state index is 12.5. The number of hydrogen-bond acceptors (Lipinski definition) is 4. The van der Waals surface area contributed by atoms with E-state index in [-0.39, 0.29) is 0 Å². The average Bonchev–Trinajstić information content (AvgIpc) is 3.26. The van der Waals surface area contributed by atoms with Gasteiger partial charge in [-0.1, -0.05) is 91.0 Å². The van der Waals surface area contributed by atoms with Crippen LogP contribution in [0.2, 0.25) is 0 Å². The van der Waals surface area contributed by atoms with Gasteiger partial charge in [-0.3, -0.25) is 0 Å². The summed E-state index contributed by atoms with van der Waals surface area (Å²) in [5, 5.41) is 5.86. The van der Waals surface area contributed by atoms with Gasteiger partial charge in [0.1, 0.15) is 20.6 Å². The highest BCUT2D eigenvalue weighted by atomic mass is 127. The molecule has 1 aromatic heterocycles. The summed E-state index contributed by atoms with van der Waals surface area (Å²) in [6.07, 6.45) is 0. The maximum Gasteiger partial charge on any atom is 0.341 e. The molecule has 0 fully saturated rings. The third-order valence-corrected chi connectivity index (χ3v) is 7.01. The number of carbonyl (C=O) groups is 1. The van der Waals surface area contributed by atoms with Crippen molar-refractivity contribution in [2.45, 2.75) is 5.54 Å². The highest BCUT2D eigenvalue weighted by Gasteiger charge is 2.41. The number of rotatable bonds is 6. The molecule has 174 valence electrons. The molecule has 0 radical (unpaired) electrons. The predicted octanol–water partition coefficient (Wildman–Crippen LogP) is 6.28. The van der Waals surface area contributed by atoms with Crippen molar-refractivity contribution >= 4 is 39.5 Å². The summed E-state index contributed by atoms with van der Waals surface area (Å²) in [5.74, 6) is 0.000765. The van der Waals surface area contributed by atoms with Crippen LogP contribution in [0.4, 0.5) is 0 Å². The van der Waals surface area contributed by atoms with Crippen LogP contribution < -0.4 is 4.74 Å².